The van der Waals surface area contributed by atoms with Gasteiger partial charge in [-0.25, -0.2) is 0 Å². The van der Waals surface area contributed by atoms with Crippen LogP contribution in [0, 0.1) is 5.92 Å². The average molecular weight is 425 g/mol. The zero-order chi connectivity index (χ0) is 20.8. The van der Waals surface area contributed by atoms with E-state index in [-0.39, 0.29) is 11.8 Å². The number of benzene rings is 2. The van der Waals surface area contributed by atoms with Crippen molar-refractivity contribution < 1.29 is 14.5 Å². The molecular formula is C24H30N3O2S+. The molecule has 2 aliphatic heterocycles. The van der Waals surface area contributed by atoms with Crippen LogP contribution in [0.2, 0.25) is 0 Å². The maximum atomic E-state index is 12.4. The number of anilines is 1. The number of rotatable bonds is 7. The molecule has 0 radical (unpaired) electrons. The summed E-state index contributed by atoms with van der Waals surface area (Å²) in [7, 11) is 0. The van der Waals surface area contributed by atoms with Crippen LogP contribution in [0.5, 0.6) is 0 Å². The lowest BCUT2D eigenvalue weighted by atomic mass is 9.90. The van der Waals surface area contributed by atoms with Gasteiger partial charge in [-0.3, -0.25) is 9.59 Å². The number of fused-ring (bicyclic) bond motifs is 1. The molecule has 0 bridgehead atoms. The van der Waals surface area contributed by atoms with Crippen molar-refractivity contribution >= 4 is 29.3 Å². The summed E-state index contributed by atoms with van der Waals surface area (Å²) in [6.07, 6.45) is 4.76. The summed E-state index contributed by atoms with van der Waals surface area (Å²) < 4.78 is 0. The highest BCUT2D eigenvalue weighted by Crippen LogP contribution is 2.31. The van der Waals surface area contributed by atoms with E-state index in [2.05, 4.69) is 41.0 Å². The van der Waals surface area contributed by atoms with Gasteiger partial charge in [-0.15, -0.1) is 11.8 Å². The van der Waals surface area contributed by atoms with Gasteiger partial charge < -0.3 is 15.5 Å². The van der Waals surface area contributed by atoms with Gasteiger partial charge in [0.05, 0.1) is 31.1 Å². The second kappa shape index (κ2) is 10.1. The normalized spacial score (nSPS) is 20.9. The summed E-state index contributed by atoms with van der Waals surface area (Å²) >= 11 is 1.51. The van der Waals surface area contributed by atoms with Gasteiger partial charge in [0, 0.05) is 23.4 Å². The molecule has 0 spiro atoms. The SMILES string of the molecule is O=C1CSc2ccc(C(=O)NCCC[NH+]3CCC(Cc4ccccc4)CC3)cc2N1. The maximum Gasteiger partial charge on any atom is 0.251 e. The molecule has 0 aromatic heterocycles. The first-order valence-electron chi connectivity index (χ1n) is 10.9. The minimum Gasteiger partial charge on any atom is -0.352 e. The molecule has 2 amide bonds. The van der Waals surface area contributed by atoms with E-state index in [0.717, 1.165) is 29.5 Å². The number of hydrogen-bond acceptors (Lipinski definition) is 3. The Morgan fingerprint density at radius 1 is 1.13 bits per heavy atom. The largest absolute Gasteiger partial charge is 0.352 e. The van der Waals surface area contributed by atoms with E-state index in [9.17, 15) is 9.59 Å². The fraction of sp³-hybridized carbons (Fsp3) is 0.417. The maximum absolute atomic E-state index is 12.4. The molecule has 6 heteroatoms. The summed E-state index contributed by atoms with van der Waals surface area (Å²) in [5.41, 5.74) is 2.80. The summed E-state index contributed by atoms with van der Waals surface area (Å²) in [5.74, 6) is 1.16. The zero-order valence-corrected chi connectivity index (χ0v) is 18.1. The van der Waals surface area contributed by atoms with Gasteiger partial charge in [-0.2, -0.15) is 0 Å². The molecular weight excluding hydrogens is 394 g/mol. The van der Waals surface area contributed by atoms with Gasteiger partial charge in [0.2, 0.25) is 5.91 Å². The fourth-order valence-electron chi connectivity index (χ4n) is 4.35. The second-order valence-corrected chi connectivity index (χ2v) is 9.31. The van der Waals surface area contributed by atoms with Crippen molar-refractivity contribution in [2.24, 2.45) is 5.92 Å². The van der Waals surface area contributed by atoms with Gasteiger partial charge in [0.1, 0.15) is 0 Å². The molecule has 30 heavy (non-hydrogen) atoms. The van der Waals surface area contributed by atoms with E-state index < -0.39 is 0 Å². The molecule has 3 N–H and O–H groups in total. The first kappa shape index (κ1) is 20.9. The molecule has 1 saturated heterocycles. The number of thioether (sulfide) groups is 1. The highest BCUT2D eigenvalue weighted by atomic mass is 32.2. The van der Waals surface area contributed by atoms with Crippen molar-refractivity contribution in [1.29, 1.82) is 0 Å². The highest BCUT2D eigenvalue weighted by Gasteiger charge is 2.22. The standard InChI is InChI=1S/C24H29N3O2S/c28-23-17-30-22-8-7-20(16-21(22)26-23)24(29)25-11-4-12-27-13-9-19(10-14-27)15-18-5-2-1-3-6-18/h1-3,5-8,16,19H,4,9-15,17H2,(H,25,29)(H,26,28)/p+1. The Kier molecular flexibility index (Phi) is 7.07. The van der Waals surface area contributed by atoms with Gasteiger partial charge in [-0.1, -0.05) is 30.3 Å². The first-order valence-corrected chi connectivity index (χ1v) is 11.9. The summed E-state index contributed by atoms with van der Waals surface area (Å²) in [4.78, 5) is 26.7. The monoisotopic (exact) mass is 424 g/mol. The molecule has 2 aromatic rings. The van der Waals surface area contributed by atoms with Crippen molar-refractivity contribution in [3.63, 3.8) is 0 Å². The van der Waals surface area contributed by atoms with Crippen molar-refractivity contribution in [3.8, 4) is 0 Å². The van der Waals surface area contributed by atoms with E-state index in [1.807, 2.05) is 12.1 Å². The molecule has 4 rings (SSSR count). The van der Waals surface area contributed by atoms with E-state index >= 15 is 0 Å². The Balaban J connectivity index is 1.15. The molecule has 2 aromatic carbocycles. The van der Waals surface area contributed by atoms with Gasteiger partial charge in [0.25, 0.3) is 5.91 Å². The van der Waals surface area contributed by atoms with Crippen LogP contribution in [-0.4, -0.2) is 43.7 Å². The Morgan fingerprint density at radius 2 is 1.93 bits per heavy atom. The van der Waals surface area contributed by atoms with Crippen LogP contribution >= 0.6 is 11.8 Å². The van der Waals surface area contributed by atoms with Crippen molar-refractivity contribution in [3.05, 3.63) is 59.7 Å². The van der Waals surface area contributed by atoms with Crippen molar-refractivity contribution in [2.75, 3.05) is 37.2 Å². The third-order valence-corrected chi connectivity index (χ3v) is 7.12. The minimum atomic E-state index is -0.0702. The number of quaternary nitrogens is 1. The number of nitrogens with one attached hydrogen (secondary N) is 3. The van der Waals surface area contributed by atoms with Crippen LogP contribution in [0.25, 0.3) is 0 Å². The predicted octanol–water partition coefficient (Wildman–Crippen LogP) is 2.39. The highest BCUT2D eigenvalue weighted by molar-refractivity contribution is 8.00. The van der Waals surface area contributed by atoms with Gasteiger partial charge in [0.15, 0.2) is 0 Å². The zero-order valence-electron chi connectivity index (χ0n) is 17.3. The molecule has 0 unspecified atom stereocenters. The number of hydrogen-bond donors (Lipinski definition) is 3. The second-order valence-electron chi connectivity index (χ2n) is 8.29. The van der Waals surface area contributed by atoms with Crippen LogP contribution in [0.1, 0.15) is 35.2 Å². The number of piperidine rings is 1. The number of carbonyl (C=O) groups is 2. The van der Waals surface area contributed by atoms with Crippen LogP contribution < -0.4 is 15.5 Å². The Morgan fingerprint density at radius 3 is 2.73 bits per heavy atom. The summed E-state index contributed by atoms with van der Waals surface area (Å²) in [6.45, 7) is 4.25. The number of amides is 2. The Bertz CT molecular complexity index is 879. The number of likely N-dealkylation sites (tertiary alicyclic amines) is 1. The smallest absolute Gasteiger partial charge is 0.251 e. The molecule has 0 aliphatic carbocycles. The lowest BCUT2D eigenvalue weighted by Crippen LogP contribution is -3.13. The molecule has 2 heterocycles. The van der Waals surface area contributed by atoms with Crippen molar-refractivity contribution in [1.82, 2.24) is 5.32 Å². The molecule has 158 valence electrons. The lowest BCUT2D eigenvalue weighted by molar-refractivity contribution is -0.906. The topological polar surface area (TPSA) is 62.6 Å². The van der Waals surface area contributed by atoms with E-state index in [1.165, 1.54) is 49.7 Å². The summed E-state index contributed by atoms with van der Waals surface area (Å²) in [5, 5.41) is 5.87. The molecule has 1 fully saturated rings. The van der Waals surface area contributed by atoms with Gasteiger partial charge in [-0.05, 0) is 48.9 Å². The van der Waals surface area contributed by atoms with Gasteiger partial charge >= 0.3 is 0 Å². The third kappa shape index (κ3) is 5.64. The van der Waals surface area contributed by atoms with E-state index in [4.69, 9.17) is 0 Å². The number of carbonyl (C=O) groups excluding carboxylic acids is 2. The van der Waals surface area contributed by atoms with E-state index in [1.54, 1.807) is 11.0 Å². The fourth-order valence-corrected chi connectivity index (χ4v) is 5.14. The molecule has 0 atom stereocenters. The lowest BCUT2D eigenvalue weighted by Gasteiger charge is -2.29. The van der Waals surface area contributed by atoms with Crippen LogP contribution in [0.3, 0.4) is 0 Å². The van der Waals surface area contributed by atoms with Crippen LogP contribution in [0.4, 0.5) is 5.69 Å². The molecule has 0 saturated carbocycles. The van der Waals surface area contributed by atoms with E-state index in [0.29, 0.717) is 17.9 Å². The Hall–Kier alpha value is -2.31. The summed E-state index contributed by atoms with van der Waals surface area (Å²) in [6, 6.07) is 16.3. The predicted molar refractivity (Wildman–Crippen MR) is 121 cm³/mol. The van der Waals surface area contributed by atoms with Crippen molar-refractivity contribution in [2.45, 2.75) is 30.6 Å². The molecule has 5 nitrogen and oxygen atoms in total. The van der Waals surface area contributed by atoms with Crippen LogP contribution in [0.15, 0.2) is 53.4 Å². The Labute approximate surface area is 182 Å². The quantitative estimate of drug-likeness (QED) is 0.598. The van der Waals surface area contributed by atoms with Crippen LogP contribution in [-0.2, 0) is 11.2 Å². The average Bonchev–Trinajstić information content (AvgIpc) is 2.78. The first-order chi connectivity index (χ1) is 14.7. The third-order valence-electron chi connectivity index (χ3n) is 6.05. The minimum absolute atomic E-state index is 0.0134. The molecule has 2 aliphatic rings.